The van der Waals surface area contributed by atoms with Crippen LogP contribution in [0.15, 0.2) is 18.2 Å². The number of fused-ring (bicyclic) bond motifs is 1. The molecule has 0 saturated carbocycles. The highest BCUT2D eigenvalue weighted by Crippen LogP contribution is 2.30. The Morgan fingerprint density at radius 3 is 2.62 bits per heavy atom. The van der Waals surface area contributed by atoms with Crippen LogP contribution in [0.4, 0.5) is 5.69 Å². The van der Waals surface area contributed by atoms with E-state index < -0.39 is 24.1 Å². The van der Waals surface area contributed by atoms with E-state index in [4.69, 9.17) is 0 Å². The molecular formula is C14H15N3O4. The number of aliphatic hydroxyl groups is 1. The summed E-state index contributed by atoms with van der Waals surface area (Å²) < 4.78 is 0. The molecule has 0 bridgehead atoms. The average molecular weight is 289 g/mol. The van der Waals surface area contributed by atoms with Gasteiger partial charge in [-0.25, -0.2) is 0 Å². The van der Waals surface area contributed by atoms with Crippen molar-refractivity contribution in [1.29, 1.82) is 0 Å². The summed E-state index contributed by atoms with van der Waals surface area (Å²) in [6, 6.07) is 4.19. The molecule has 1 aromatic carbocycles. The molecule has 0 spiro atoms. The maximum atomic E-state index is 12.5. The van der Waals surface area contributed by atoms with Crippen molar-refractivity contribution in [3.05, 3.63) is 29.3 Å². The molecule has 2 unspecified atom stereocenters. The maximum absolute atomic E-state index is 12.5. The highest BCUT2D eigenvalue weighted by atomic mass is 16.3. The molecule has 1 saturated heterocycles. The van der Waals surface area contributed by atoms with E-state index in [0.717, 1.165) is 10.6 Å². The molecule has 2 aliphatic heterocycles. The summed E-state index contributed by atoms with van der Waals surface area (Å²) in [5.74, 6) is -1.15. The summed E-state index contributed by atoms with van der Waals surface area (Å²) in [7, 11) is 1.72. The van der Waals surface area contributed by atoms with Crippen molar-refractivity contribution in [2.24, 2.45) is 0 Å². The molecule has 0 aliphatic carbocycles. The minimum absolute atomic E-state index is 0.177. The normalized spacial score (nSPS) is 24.9. The Hall–Kier alpha value is -2.41. The first-order chi connectivity index (χ1) is 10.0. The Kier molecular flexibility index (Phi) is 3.13. The second-order valence-electron chi connectivity index (χ2n) is 5.11. The number of carbonyl (C=O) groups excluding carboxylic acids is 3. The molecule has 7 nitrogen and oxygen atoms in total. The first-order valence-electron chi connectivity index (χ1n) is 6.70. The van der Waals surface area contributed by atoms with Crippen LogP contribution in [0.1, 0.15) is 33.6 Å². The van der Waals surface area contributed by atoms with Gasteiger partial charge in [0.25, 0.3) is 11.8 Å². The molecule has 1 fully saturated rings. The van der Waals surface area contributed by atoms with Crippen molar-refractivity contribution in [2.45, 2.75) is 25.1 Å². The van der Waals surface area contributed by atoms with Gasteiger partial charge in [-0.05, 0) is 24.6 Å². The number of imide groups is 1. The second kappa shape index (κ2) is 4.85. The lowest BCUT2D eigenvalue weighted by Crippen LogP contribution is -2.57. The lowest BCUT2D eigenvalue weighted by atomic mass is 10.0. The molecule has 3 rings (SSSR count). The van der Waals surface area contributed by atoms with Crippen molar-refractivity contribution < 1.29 is 19.5 Å². The molecular weight excluding hydrogens is 274 g/mol. The smallest absolute Gasteiger partial charge is 0.262 e. The largest absolute Gasteiger partial charge is 0.388 e. The monoisotopic (exact) mass is 289 g/mol. The van der Waals surface area contributed by atoms with Crippen LogP contribution in [0.5, 0.6) is 0 Å². The quantitative estimate of drug-likeness (QED) is 0.662. The highest BCUT2D eigenvalue weighted by Gasteiger charge is 2.44. The van der Waals surface area contributed by atoms with Gasteiger partial charge < -0.3 is 15.7 Å². The van der Waals surface area contributed by atoms with Crippen molar-refractivity contribution in [3.63, 3.8) is 0 Å². The van der Waals surface area contributed by atoms with Crippen molar-refractivity contribution in [2.75, 3.05) is 12.4 Å². The van der Waals surface area contributed by atoms with Crippen LogP contribution in [0.2, 0.25) is 0 Å². The first-order valence-corrected chi connectivity index (χ1v) is 6.70. The van der Waals surface area contributed by atoms with Crippen LogP contribution in [0.25, 0.3) is 0 Å². The van der Waals surface area contributed by atoms with Crippen LogP contribution in [-0.4, -0.2) is 47.0 Å². The zero-order chi connectivity index (χ0) is 15.1. The fourth-order valence-electron chi connectivity index (χ4n) is 2.76. The van der Waals surface area contributed by atoms with Crippen molar-refractivity contribution in [3.8, 4) is 0 Å². The SMILES string of the molecule is CNc1ccc2c(c1)C(=O)N(C1CCC(=O)NC1O)C2=O. The van der Waals surface area contributed by atoms with E-state index in [1.165, 1.54) is 0 Å². The van der Waals surface area contributed by atoms with Crippen molar-refractivity contribution >= 4 is 23.4 Å². The lowest BCUT2D eigenvalue weighted by molar-refractivity contribution is -0.129. The maximum Gasteiger partial charge on any atom is 0.262 e. The van der Waals surface area contributed by atoms with E-state index in [0.29, 0.717) is 11.1 Å². The molecule has 2 aliphatic rings. The van der Waals surface area contributed by atoms with Gasteiger partial charge in [-0.1, -0.05) is 0 Å². The van der Waals surface area contributed by atoms with Gasteiger partial charge in [0.2, 0.25) is 5.91 Å². The Labute approximate surface area is 120 Å². The summed E-state index contributed by atoms with van der Waals surface area (Å²) in [5.41, 5.74) is 1.37. The van der Waals surface area contributed by atoms with E-state index in [9.17, 15) is 19.5 Å². The third kappa shape index (κ3) is 2.06. The van der Waals surface area contributed by atoms with Gasteiger partial charge in [0.1, 0.15) is 6.23 Å². The molecule has 3 N–H and O–H groups in total. The Balaban J connectivity index is 1.94. The molecule has 0 radical (unpaired) electrons. The standard InChI is InChI=1S/C14H15N3O4/c1-15-7-2-3-8-9(6-7)14(21)17(13(8)20)10-4-5-11(18)16-12(10)19/h2-3,6,10,12,15,19H,4-5H2,1H3,(H,16,18). The van der Waals surface area contributed by atoms with E-state index in [1.54, 1.807) is 25.2 Å². The van der Waals surface area contributed by atoms with E-state index in [2.05, 4.69) is 10.6 Å². The van der Waals surface area contributed by atoms with Crippen LogP contribution < -0.4 is 10.6 Å². The number of hydrogen-bond acceptors (Lipinski definition) is 5. The van der Waals surface area contributed by atoms with Gasteiger partial charge in [-0.15, -0.1) is 0 Å². The van der Waals surface area contributed by atoms with Gasteiger partial charge in [-0.2, -0.15) is 0 Å². The number of rotatable bonds is 2. The summed E-state index contributed by atoms with van der Waals surface area (Å²) in [6.45, 7) is 0. The van der Waals surface area contributed by atoms with Crippen molar-refractivity contribution in [1.82, 2.24) is 10.2 Å². The molecule has 3 amide bonds. The van der Waals surface area contributed by atoms with Gasteiger partial charge in [-0.3, -0.25) is 19.3 Å². The molecule has 0 aromatic heterocycles. The topological polar surface area (TPSA) is 98.7 Å². The molecule has 2 atom stereocenters. The zero-order valence-corrected chi connectivity index (χ0v) is 11.4. The predicted octanol–water partition coefficient (Wildman–Crippen LogP) is -0.0787. The third-order valence-electron chi connectivity index (χ3n) is 3.88. The summed E-state index contributed by atoms with van der Waals surface area (Å²) in [5, 5.41) is 15.2. The number of anilines is 1. The number of amides is 3. The first kappa shape index (κ1) is 13.6. The molecule has 7 heteroatoms. The number of aliphatic hydroxyl groups excluding tert-OH is 1. The Bertz CT molecular complexity index is 643. The number of hydrogen-bond donors (Lipinski definition) is 3. The fraction of sp³-hybridized carbons (Fsp3) is 0.357. The Morgan fingerprint density at radius 1 is 1.24 bits per heavy atom. The number of benzene rings is 1. The molecule has 2 heterocycles. The Morgan fingerprint density at radius 2 is 1.95 bits per heavy atom. The number of nitrogens with zero attached hydrogens (tertiary/aromatic N) is 1. The van der Waals surface area contributed by atoms with E-state index in [1.807, 2.05) is 0 Å². The summed E-state index contributed by atoms with van der Waals surface area (Å²) in [4.78, 5) is 37.1. The molecule has 21 heavy (non-hydrogen) atoms. The number of piperidine rings is 1. The van der Waals surface area contributed by atoms with Crippen LogP contribution in [0.3, 0.4) is 0 Å². The van der Waals surface area contributed by atoms with Gasteiger partial charge in [0.05, 0.1) is 17.2 Å². The second-order valence-corrected chi connectivity index (χ2v) is 5.11. The predicted molar refractivity (Wildman–Crippen MR) is 73.7 cm³/mol. The zero-order valence-electron chi connectivity index (χ0n) is 11.4. The fourth-order valence-corrected chi connectivity index (χ4v) is 2.76. The van der Waals surface area contributed by atoms with Gasteiger partial charge >= 0.3 is 0 Å². The molecule has 1 aromatic rings. The van der Waals surface area contributed by atoms with Gasteiger partial charge in [0.15, 0.2) is 0 Å². The minimum Gasteiger partial charge on any atom is -0.388 e. The highest BCUT2D eigenvalue weighted by molar-refractivity contribution is 6.22. The van der Waals surface area contributed by atoms with E-state index >= 15 is 0 Å². The summed E-state index contributed by atoms with van der Waals surface area (Å²) >= 11 is 0. The van der Waals surface area contributed by atoms with Crippen LogP contribution in [-0.2, 0) is 4.79 Å². The van der Waals surface area contributed by atoms with Crippen LogP contribution >= 0.6 is 0 Å². The van der Waals surface area contributed by atoms with Crippen LogP contribution in [0, 0.1) is 0 Å². The minimum atomic E-state index is -1.22. The average Bonchev–Trinajstić information content (AvgIpc) is 2.71. The number of nitrogens with one attached hydrogen (secondary N) is 2. The summed E-state index contributed by atoms with van der Waals surface area (Å²) in [6.07, 6.45) is -0.786. The lowest BCUT2D eigenvalue weighted by Gasteiger charge is -2.33. The van der Waals surface area contributed by atoms with E-state index in [-0.39, 0.29) is 18.7 Å². The molecule has 110 valence electrons. The number of carbonyl (C=O) groups is 3. The van der Waals surface area contributed by atoms with Gasteiger partial charge in [0, 0.05) is 19.2 Å². The third-order valence-corrected chi connectivity index (χ3v) is 3.88.